The molecular weight excluding hydrogens is 292 g/mol. The Morgan fingerprint density at radius 1 is 1.13 bits per heavy atom. The van der Waals surface area contributed by atoms with Crippen molar-refractivity contribution in [1.29, 1.82) is 0 Å². The molecule has 114 valence electrons. The highest BCUT2D eigenvalue weighted by Gasteiger charge is 2.25. The van der Waals surface area contributed by atoms with Crippen molar-refractivity contribution in [1.82, 2.24) is 15.4 Å². The zero-order chi connectivity index (χ0) is 15.8. The molecule has 4 rings (SSSR count). The van der Waals surface area contributed by atoms with E-state index in [2.05, 4.69) is 9.97 Å². The summed E-state index contributed by atoms with van der Waals surface area (Å²) in [7, 11) is 0. The molecule has 3 aromatic rings. The summed E-state index contributed by atoms with van der Waals surface area (Å²) < 4.78 is 0. The van der Waals surface area contributed by atoms with Gasteiger partial charge < -0.3 is 4.90 Å². The number of nitrogens with one attached hydrogen (secondary N) is 1. The lowest BCUT2D eigenvalue weighted by molar-refractivity contribution is 0.0705. The standard InChI is InChI=1S/C17H14N4O2/c22-16(20-23)13-6-3-5-12-9-21(10-14(12)13)17-18-8-11-4-1-2-7-15(11)19-17/h1-8,23H,9-10H2,(H,20,22). The van der Waals surface area contributed by atoms with Crippen LogP contribution in [0.1, 0.15) is 21.5 Å². The number of rotatable bonds is 2. The summed E-state index contributed by atoms with van der Waals surface area (Å²) in [5.41, 5.74) is 5.01. The molecule has 0 radical (unpaired) electrons. The molecule has 2 aromatic carbocycles. The Balaban J connectivity index is 1.70. The lowest BCUT2D eigenvalue weighted by Gasteiger charge is -2.15. The van der Waals surface area contributed by atoms with Crippen molar-refractivity contribution in [2.45, 2.75) is 13.1 Å². The lowest BCUT2D eigenvalue weighted by atomic mass is 10.0. The van der Waals surface area contributed by atoms with Crippen LogP contribution < -0.4 is 10.4 Å². The van der Waals surface area contributed by atoms with Crippen molar-refractivity contribution in [3.05, 3.63) is 65.4 Å². The summed E-state index contributed by atoms with van der Waals surface area (Å²) in [6, 6.07) is 13.3. The Labute approximate surface area is 132 Å². The number of fused-ring (bicyclic) bond motifs is 2. The molecular formula is C17H14N4O2. The third kappa shape index (κ3) is 2.29. The van der Waals surface area contributed by atoms with E-state index < -0.39 is 5.91 Å². The van der Waals surface area contributed by atoms with Gasteiger partial charge in [0.05, 0.1) is 5.52 Å². The van der Waals surface area contributed by atoms with E-state index in [4.69, 9.17) is 5.21 Å². The number of hydrogen-bond donors (Lipinski definition) is 2. The molecule has 0 bridgehead atoms. The number of carbonyl (C=O) groups excluding carboxylic acids is 1. The zero-order valence-electron chi connectivity index (χ0n) is 12.2. The third-order valence-electron chi connectivity index (χ3n) is 4.09. The SMILES string of the molecule is O=C(NO)c1cccc2c1CN(c1ncc3ccccc3n1)C2. The first-order valence-electron chi connectivity index (χ1n) is 7.28. The van der Waals surface area contributed by atoms with Crippen LogP contribution in [0.3, 0.4) is 0 Å². The first-order chi connectivity index (χ1) is 11.3. The fourth-order valence-electron chi connectivity index (χ4n) is 2.95. The maximum absolute atomic E-state index is 11.8. The van der Waals surface area contributed by atoms with E-state index >= 15 is 0 Å². The van der Waals surface area contributed by atoms with Crippen LogP contribution in [0.25, 0.3) is 10.9 Å². The molecule has 0 spiro atoms. The monoisotopic (exact) mass is 306 g/mol. The average molecular weight is 306 g/mol. The first kappa shape index (κ1) is 13.7. The number of benzene rings is 2. The van der Waals surface area contributed by atoms with E-state index in [0.29, 0.717) is 24.6 Å². The molecule has 6 heteroatoms. The number of amides is 1. The molecule has 0 unspecified atom stereocenters. The maximum atomic E-state index is 11.8. The Morgan fingerprint density at radius 2 is 2.00 bits per heavy atom. The number of carbonyl (C=O) groups is 1. The van der Waals surface area contributed by atoms with Gasteiger partial charge in [-0.15, -0.1) is 0 Å². The number of aromatic nitrogens is 2. The van der Waals surface area contributed by atoms with Gasteiger partial charge in [0.2, 0.25) is 5.95 Å². The molecule has 23 heavy (non-hydrogen) atoms. The van der Waals surface area contributed by atoms with Crippen LogP contribution in [0.2, 0.25) is 0 Å². The second kappa shape index (κ2) is 5.33. The third-order valence-corrected chi connectivity index (χ3v) is 4.09. The molecule has 1 amide bonds. The van der Waals surface area contributed by atoms with E-state index in [9.17, 15) is 4.79 Å². The molecule has 0 saturated heterocycles. The van der Waals surface area contributed by atoms with E-state index in [-0.39, 0.29) is 0 Å². The summed E-state index contributed by atoms with van der Waals surface area (Å²) in [4.78, 5) is 22.8. The fraction of sp³-hybridized carbons (Fsp3) is 0.118. The van der Waals surface area contributed by atoms with Crippen molar-refractivity contribution in [2.24, 2.45) is 0 Å². The predicted octanol–water partition coefficient (Wildman–Crippen LogP) is 2.27. The summed E-state index contributed by atoms with van der Waals surface area (Å²) in [6.45, 7) is 1.18. The Kier molecular flexibility index (Phi) is 3.17. The van der Waals surface area contributed by atoms with Crippen LogP contribution in [0.5, 0.6) is 0 Å². The average Bonchev–Trinajstić information content (AvgIpc) is 3.04. The van der Waals surface area contributed by atoms with Gasteiger partial charge in [0.25, 0.3) is 5.91 Å². The van der Waals surface area contributed by atoms with Gasteiger partial charge in [0.1, 0.15) is 0 Å². The minimum atomic E-state index is -0.497. The van der Waals surface area contributed by atoms with Gasteiger partial charge >= 0.3 is 0 Å². The number of anilines is 1. The van der Waals surface area contributed by atoms with Crippen LogP contribution in [-0.4, -0.2) is 21.1 Å². The molecule has 6 nitrogen and oxygen atoms in total. The Bertz CT molecular complexity index is 910. The van der Waals surface area contributed by atoms with Gasteiger partial charge in [0, 0.05) is 30.2 Å². The second-order valence-electron chi connectivity index (χ2n) is 5.47. The van der Waals surface area contributed by atoms with Gasteiger partial charge in [-0.25, -0.2) is 15.4 Å². The molecule has 0 aliphatic carbocycles. The summed E-state index contributed by atoms with van der Waals surface area (Å²) >= 11 is 0. The van der Waals surface area contributed by atoms with Crippen LogP contribution in [-0.2, 0) is 13.1 Å². The van der Waals surface area contributed by atoms with Gasteiger partial charge in [0.15, 0.2) is 0 Å². The number of nitrogens with zero attached hydrogens (tertiary/aromatic N) is 3. The molecule has 1 aliphatic rings. The van der Waals surface area contributed by atoms with E-state index in [1.165, 1.54) is 0 Å². The number of hydrogen-bond acceptors (Lipinski definition) is 5. The number of hydroxylamine groups is 1. The van der Waals surface area contributed by atoms with Crippen molar-refractivity contribution in [3.63, 3.8) is 0 Å². The van der Waals surface area contributed by atoms with Crippen LogP contribution in [0, 0.1) is 0 Å². The largest absolute Gasteiger partial charge is 0.332 e. The first-order valence-corrected chi connectivity index (χ1v) is 7.28. The minimum absolute atomic E-state index is 0.480. The lowest BCUT2D eigenvalue weighted by Crippen LogP contribution is -2.21. The van der Waals surface area contributed by atoms with Gasteiger partial charge in [-0.1, -0.05) is 30.3 Å². The molecule has 1 aromatic heterocycles. The van der Waals surface area contributed by atoms with Crippen molar-refractivity contribution >= 4 is 22.8 Å². The topological polar surface area (TPSA) is 78.4 Å². The van der Waals surface area contributed by atoms with Crippen LogP contribution in [0.4, 0.5) is 5.95 Å². The van der Waals surface area contributed by atoms with Crippen LogP contribution >= 0.6 is 0 Å². The molecule has 0 atom stereocenters. The quantitative estimate of drug-likeness (QED) is 0.561. The van der Waals surface area contributed by atoms with Crippen LogP contribution in [0.15, 0.2) is 48.7 Å². The van der Waals surface area contributed by atoms with Crippen molar-refractivity contribution in [3.8, 4) is 0 Å². The molecule has 1 aliphatic heterocycles. The summed E-state index contributed by atoms with van der Waals surface area (Å²) in [5.74, 6) is 0.137. The molecule has 0 saturated carbocycles. The van der Waals surface area contributed by atoms with Gasteiger partial charge in [-0.2, -0.15) is 0 Å². The van der Waals surface area contributed by atoms with Crippen molar-refractivity contribution < 1.29 is 10.0 Å². The van der Waals surface area contributed by atoms with Gasteiger partial charge in [-0.3, -0.25) is 10.0 Å². The summed E-state index contributed by atoms with van der Waals surface area (Å²) in [5, 5.41) is 9.88. The normalized spacial score (nSPS) is 13.2. The maximum Gasteiger partial charge on any atom is 0.274 e. The highest BCUT2D eigenvalue weighted by Crippen LogP contribution is 2.29. The number of para-hydroxylation sites is 1. The van der Waals surface area contributed by atoms with E-state index in [1.807, 2.05) is 47.5 Å². The minimum Gasteiger partial charge on any atom is -0.332 e. The van der Waals surface area contributed by atoms with Crippen molar-refractivity contribution in [2.75, 3.05) is 4.90 Å². The highest BCUT2D eigenvalue weighted by molar-refractivity contribution is 5.95. The smallest absolute Gasteiger partial charge is 0.274 e. The van der Waals surface area contributed by atoms with E-state index in [1.54, 1.807) is 11.5 Å². The fourth-order valence-corrected chi connectivity index (χ4v) is 2.95. The molecule has 2 heterocycles. The summed E-state index contributed by atoms with van der Waals surface area (Å²) in [6.07, 6.45) is 1.81. The zero-order valence-corrected chi connectivity index (χ0v) is 12.2. The highest BCUT2D eigenvalue weighted by atomic mass is 16.5. The Hall–Kier alpha value is -2.99. The van der Waals surface area contributed by atoms with Gasteiger partial charge in [-0.05, 0) is 23.3 Å². The molecule has 2 N–H and O–H groups in total. The van der Waals surface area contributed by atoms with E-state index in [0.717, 1.165) is 22.0 Å². The molecule has 0 fully saturated rings. The predicted molar refractivity (Wildman–Crippen MR) is 85.1 cm³/mol. The Morgan fingerprint density at radius 3 is 2.87 bits per heavy atom. The second-order valence-corrected chi connectivity index (χ2v) is 5.47.